The number of carbonyl (C=O) groups is 5. The molecule has 0 bridgehead atoms. The highest BCUT2D eigenvalue weighted by atomic mass is 16.5. The summed E-state index contributed by atoms with van der Waals surface area (Å²) in [6.45, 7) is 0.525. The minimum Gasteiger partial charge on any atom is -0.496 e. The second-order valence-corrected chi connectivity index (χ2v) is 10.9. The fourth-order valence-electron chi connectivity index (χ4n) is 5.75. The van der Waals surface area contributed by atoms with Gasteiger partial charge in [-0.25, -0.2) is 4.79 Å². The van der Waals surface area contributed by atoms with Gasteiger partial charge in [0.15, 0.2) is 0 Å². The molecule has 2 fully saturated rings. The monoisotopic (exact) mass is 588 g/mol. The van der Waals surface area contributed by atoms with Gasteiger partial charge >= 0.3 is 6.03 Å². The van der Waals surface area contributed by atoms with Crippen LogP contribution in [0.25, 0.3) is 10.9 Å². The van der Waals surface area contributed by atoms with Crippen LogP contribution in [0, 0.1) is 5.92 Å². The molecule has 2 atom stereocenters. The van der Waals surface area contributed by atoms with Gasteiger partial charge in [0, 0.05) is 29.7 Å². The number of para-hydroxylation sites is 1. The molecule has 226 valence electrons. The number of fused-ring (bicyclic) bond motifs is 1. The van der Waals surface area contributed by atoms with Crippen LogP contribution in [0.15, 0.2) is 54.6 Å². The van der Waals surface area contributed by atoms with Gasteiger partial charge in [-0.2, -0.15) is 0 Å². The normalized spacial score (nSPS) is 16.7. The van der Waals surface area contributed by atoms with Crippen molar-refractivity contribution in [1.82, 2.24) is 25.8 Å². The number of ether oxygens (including phenoxy) is 1. The molecule has 5 N–H and O–H groups in total. The van der Waals surface area contributed by atoms with Gasteiger partial charge in [-0.15, -0.1) is 0 Å². The van der Waals surface area contributed by atoms with Crippen LogP contribution in [0.1, 0.15) is 42.6 Å². The first-order valence-electron chi connectivity index (χ1n) is 14.5. The van der Waals surface area contributed by atoms with Gasteiger partial charge in [-0.1, -0.05) is 43.5 Å². The predicted octanol–water partition coefficient (Wildman–Crippen LogP) is 2.57. The van der Waals surface area contributed by atoms with Gasteiger partial charge in [-0.3, -0.25) is 19.2 Å². The molecule has 43 heavy (non-hydrogen) atoms. The predicted molar refractivity (Wildman–Crippen MR) is 160 cm³/mol. The third kappa shape index (κ3) is 6.96. The Labute approximate surface area is 248 Å². The van der Waals surface area contributed by atoms with Gasteiger partial charge in [0.1, 0.15) is 23.5 Å². The van der Waals surface area contributed by atoms with Crippen LogP contribution >= 0.6 is 0 Å². The highest BCUT2D eigenvalue weighted by molar-refractivity contribution is 6.42. The van der Waals surface area contributed by atoms with E-state index in [9.17, 15) is 24.0 Å². The van der Waals surface area contributed by atoms with Crippen molar-refractivity contribution in [3.8, 4) is 5.75 Å². The number of ketones is 1. The Morgan fingerprint density at radius 1 is 1.00 bits per heavy atom. The summed E-state index contributed by atoms with van der Waals surface area (Å²) in [4.78, 5) is 70.4. The zero-order valence-corrected chi connectivity index (χ0v) is 24.0. The number of Topliss-reactive ketones (excluding diaryl/α,β-unsaturated/α-hetero) is 1. The summed E-state index contributed by atoms with van der Waals surface area (Å²) in [6, 6.07) is 12.9. The van der Waals surface area contributed by atoms with Crippen LogP contribution in [0.5, 0.6) is 5.75 Å². The molecule has 2 heterocycles. The van der Waals surface area contributed by atoms with E-state index in [2.05, 4.69) is 26.3 Å². The summed E-state index contributed by atoms with van der Waals surface area (Å²) in [6.07, 6.45) is 4.29. The zero-order valence-electron chi connectivity index (χ0n) is 24.0. The Hall–Kier alpha value is -4.87. The fraction of sp³-hybridized carbons (Fsp3) is 0.387. The lowest BCUT2D eigenvalue weighted by Gasteiger charge is -2.31. The number of amides is 5. The maximum atomic E-state index is 13.9. The molecule has 12 nitrogen and oxygen atoms in total. The number of carbonyl (C=O) groups excluding carboxylic acids is 5. The zero-order chi connectivity index (χ0) is 30.3. The van der Waals surface area contributed by atoms with E-state index in [0.717, 1.165) is 37.5 Å². The molecule has 5 rings (SSSR count). The topological polar surface area (TPSA) is 162 Å². The van der Waals surface area contributed by atoms with Gasteiger partial charge in [-0.05, 0) is 49.1 Å². The largest absolute Gasteiger partial charge is 0.496 e. The standard InChI is InChI=1S/C31H36N6O6/c1-43-25-14-8-13-22-21(25)17-23(34-22)28(39)36-26(19-9-4-2-5-10-19)29(40)35-24(18-37-16-15-32-31(37)42)27(38)30(41)33-20-11-6-3-7-12-20/h3,6-8,11-14,17,19,24,26,34H,2,4-5,9-10,15-16,18H2,1H3,(H,32,42)(H,33,41)(H,35,40)(H,36,39)/t24-,26?/m0/s1. The van der Waals surface area contributed by atoms with Crippen molar-refractivity contribution >= 4 is 46.1 Å². The molecule has 1 aliphatic carbocycles. The van der Waals surface area contributed by atoms with Crippen LogP contribution < -0.4 is 26.0 Å². The highest BCUT2D eigenvalue weighted by Gasteiger charge is 2.37. The number of anilines is 1. The maximum absolute atomic E-state index is 13.9. The molecular formula is C31H36N6O6. The lowest BCUT2D eigenvalue weighted by atomic mass is 9.83. The summed E-state index contributed by atoms with van der Waals surface area (Å²) >= 11 is 0. The van der Waals surface area contributed by atoms with Crippen LogP contribution in [-0.4, -0.2) is 78.2 Å². The van der Waals surface area contributed by atoms with Crippen molar-refractivity contribution in [2.45, 2.75) is 44.2 Å². The summed E-state index contributed by atoms with van der Waals surface area (Å²) in [7, 11) is 1.55. The first kappa shape index (κ1) is 29.6. The Kier molecular flexibility index (Phi) is 9.23. The van der Waals surface area contributed by atoms with E-state index in [1.54, 1.807) is 49.6 Å². The number of rotatable bonds is 11. The highest BCUT2D eigenvalue weighted by Crippen LogP contribution is 2.28. The Morgan fingerprint density at radius 3 is 2.47 bits per heavy atom. The summed E-state index contributed by atoms with van der Waals surface area (Å²) in [5.74, 6) is -2.43. The third-order valence-electron chi connectivity index (χ3n) is 8.02. The molecule has 1 saturated heterocycles. The molecule has 1 aromatic heterocycles. The van der Waals surface area contributed by atoms with E-state index < -0.39 is 35.6 Å². The number of H-pyrrole nitrogens is 1. The van der Waals surface area contributed by atoms with Crippen molar-refractivity contribution in [1.29, 1.82) is 0 Å². The summed E-state index contributed by atoms with van der Waals surface area (Å²) in [5, 5.41) is 11.6. The first-order chi connectivity index (χ1) is 20.8. The number of hydrogen-bond donors (Lipinski definition) is 5. The second-order valence-electron chi connectivity index (χ2n) is 10.9. The van der Waals surface area contributed by atoms with E-state index in [1.807, 2.05) is 12.1 Å². The number of nitrogens with one attached hydrogen (secondary N) is 5. The molecule has 0 spiro atoms. The van der Waals surface area contributed by atoms with Crippen molar-refractivity contribution in [2.75, 3.05) is 32.1 Å². The molecule has 1 unspecified atom stereocenters. The molecule has 0 radical (unpaired) electrons. The molecule has 2 aromatic carbocycles. The number of hydrogen-bond acceptors (Lipinski definition) is 6. The molecule has 2 aliphatic rings. The van der Waals surface area contributed by atoms with E-state index in [-0.39, 0.29) is 24.2 Å². The minimum atomic E-state index is -1.32. The van der Waals surface area contributed by atoms with E-state index in [4.69, 9.17) is 4.74 Å². The average Bonchev–Trinajstić information content (AvgIpc) is 3.65. The van der Waals surface area contributed by atoms with E-state index in [0.29, 0.717) is 30.0 Å². The Morgan fingerprint density at radius 2 is 1.77 bits per heavy atom. The average molecular weight is 589 g/mol. The number of urea groups is 1. The number of aromatic nitrogens is 1. The number of benzene rings is 2. The van der Waals surface area contributed by atoms with Crippen molar-refractivity contribution in [2.24, 2.45) is 5.92 Å². The quantitative estimate of drug-likeness (QED) is 0.216. The molecule has 1 aliphatic heterocycles. The minimum absolute atomic E-state index is 0.166. The summed E-state index contributed by atoms with van der Waals surface area (Å²) < 4.78 is 5.41. The van der Waals surface area contributed by atoms with Gasteiger partial charge in [0.25, 0.3) is 11.8 Å². The maximum Gasteiger partial charge on any atom is 0.317 e. The van der Waals surface area contributed by atoms with Gasteiger partial charge in [0.05, 0.1) is 13.7 Å². The van der Waals surface area contributed by atoms with Crippen molar-refractivity contribution in [3.05, 3.63) is 60.3 Å². The lowest BCUT2D eigenvalue weighted by molar-refractivity contribution is -0.138. The molecular weight excluding hydrogens is 552 g/mol. The molecule has 5 amide bonds. The van der Waals surface area contributed by atoms with Gasteiger partial charge in [0.2, 0.25) is 11.7 Å². The lowest BCUT2D eigenvalue weighted by Crippen LogP contribution is -2.58. The fourth-order valence-corrected chi connectivity index (χ4v) is 5.75. The van der Waals surface area contributed by atoms with Crippen LogP contribution in [0.3, 0.4) is 0 Å². The molecule has 12 heteroatoms. The summed E-state index contributed by atoms with van der Waals surface area (Å²) in [5.41, 5.74) is 1.39. The number of aromatic amines is 1. The first-order valence-corrected chi connectivity index (χ1v) is 14.5. The Bertz CT molecular complexity index is 1500. The third-order valence-corrected chi connectivity index (χ3v) is 8.02. The van der Waals surface area contributed by atoms with Crippen LogP contribution in [0.2, 0.25) is 0 Å². The van der Waals surface area contributed by atoms with E-state index >= 15 is 0 Å². The smallest absolute Gasteiger partial charge is 0.317 e. The number of nitrogens with zero attached hydrogens (tertiary/aromatic N) is 1. The molecule has 3 aromatic rings. The Balaban J connectivity index is 1.37. The van der Waals surface area contributed by atoms with Crippen molar-refractivity contribution < 1.29 is 28.7 Å². The molecule has 1 saturated carbocycles. The second kappa shape index (κ2) is 13.4. The van der Waals surface area contributed by atoms with Gasteiger partial charge < -0.3 is 35.9 Å². The van der Waals surface area contributed by atoms with Crippen LogP contribution in [-0.2, 0) is 14.4 Å². The van der Waals surface area contributed by atoms with E-state index in [1.165, 1.54) is 4.90 Å². The van der Waals surface area contributed by atoms with Crippen molar-refractivity contribution in [3.63, 3.8) is 0 Å². The van der Waals surface area contributed by atoms with Crippen LogP contribution in [0.4, 0.5) is 10.5 Å². The SMILES string of the molecule is COc1cccc2[nH]c(C(=O)NC(C(=O)N[C@@H](CN3CCNC3=O)C(=O)C(=O)Nc3ccccc3)C3CCCCC3)cc12. The number of methoxy groups -OCH3 is 1.